The number of nitrogens with one attached hydrogen (secondary N) is 2. The summed E-state index contributed by atoms with van der Waals surface area (Å²) in [6.45, 7) is 4.45. The van der Waals surface area contributed by atoms with E-state index in [1.807, 2.05) is 48.5 Å². The van der Waals surface area contributed by atoms with Gasteiger partial charge in [-0.3, -0.25) is 15.0 Å². The largest absolute Gasteiger partial charge is 0.368 e. The Hall–Kier alpha value is -1.91. The van der Waals surface area contributed by atoms with Crippen LogP contribution in [0.2, 0.25) is 10.0 Å². The van der Waals surface area contributed by atoms with Crippen LogP contribution in [0, 0.1) is 3.57 Å². The van der Waals surface area contributed by atoms with Gasteiger partial charge in [0.1, 0.15) is 0 Å². The molecule has 0 aliphatic carbocycles. The van der Waals surface area contributed by atoms with Gasteiger partial charge in [0.15, 0.2) is 5.11 Å². The van der Waals surface area contributed by atoms with Crippen LogP contribution in [-0.2, 0) is 6.54 Å². The monoisotopic (exact) mass is 624 g/mol. The molecule has 1 saturated heterocycles. The van der Waals surface area contributed by atoms with Gasteiger partial charge < -0.3 is 10.2 Å². The third kappa shape index (κ3) is 6.60. The summed E-state index contributed by atoms with van der Waals surface area (Å²) in [5.41, 5.74) is 3.40. The smallest absolute Gasteiger partial charge is 0.257 e. The van der Waals surface area contributed by atoms with Crippen molar-refractivity contribution in [1.29, 1.82) is 0 Å². The van der Waals surface area contributed by atoms with Crippen LogP contribution in [0.25, 0.3) is 0 Å². The van der Waals surface area contributed by atoms with Gasteiger partial charge >= 0.3 is 0 Å². The maximum absolute atomic E-state index is 12.4. The second kappa shape index (κ2) is 11.7. The van der Waals surface area contributed by atoms with Crippen molar-refractivity contribution < 1.29 is 4.79 Å². The molecule has 0 atom stereocenters. The first-order valence-electron chi connectivity index (χ1n) is 10.8. The first-order valence-corrected chi connectivity index (χ1v) is 13.0. The van der Waals surface area contributed by atoms with Crippen LogP contribution in [0.4, 0.5) is 11.4 Å². The van der Waals surface area contributed by atoms with Crippen molar-refractivity contribution in [3.63, 3.8) is 0 Å². The number of hydrogen-bond acceptors (Lipinski definition) is 4. The van der Waals surface area contributed by atoms with E-state index in [1.165, 1.54) is 0 Å². The zero-order chi connectivity index (χ0) is 24.1. The fourth-order valence-electron chi connectivity index (χ4n) is 3.79. The van der Waals surface area contributed by atoms with Crippen molar-refractivity contribution in [2.75, 3.05) is 36.4 Å². The number of carbonyl (C=O) groups excluding carboxylic acids is 1. The summed E-state index contributed by atoms with van der Waals surface area (Å²) < 4.78 is 1.06. The van der Waals surface area contributed by atoms with E-state index in [4.69, 9.17) is 35.4 Å². The molecule has 1 fully saturated rings. The molecular formula is C25H23Cl2IN4OS. The summed E-state index contributed by atoms with van der Waals surface area (Å²) in [6.07, 6.45) is 0. The van der Waals surface area contributed by atoms with E-state index in [0.717, 1.165) is 58.3 Å². The molecule has 176 valence electrons. The number of hydrogen-bond donors (Lipinski definition) is 2. The molecule has 0 spiro atoms. The molecule has 5 nitrogen and oxygen atoms in total. The summed E-state index contributed by atoms with van der Waals surface area (Å²) in [4.78, 5) is 17.0. The van der Waals surface area contributed by atoms with Crippen molar-refractivity contribution in [2.24, 2.45) is 0 Å². The number of benzene rings is 3. The highest BCUT2D eigenvalue weighted by Gasteiger charge is 2.20. The Kier molecular flexibility index (Phi) is 8.65. The summed E-state index contributed by atoms with van der Waals surface area (Å²) in [5.74, 6) is -0.258. The van der Waals surface area contributed by atoms with Crippen molar-refractivity contribution in [2.45, 2.75) is 6.54 Å². The number of carbonyl (C=O) groups is 1. The topological polar surface area (TPSA) is 47.6 Å². The van der Waals surface area contributed by atoms with Gasteiger partial charge in [0, 0.05) is 52.6 Å². The molecule has 3 aromatic rings. The van der Waals surface area contributed by atoms with Gasteiger partial charge in [-0.1, -0.05) is 41.4 Å². The molecule has 2 N–H and O–H groups in total. The standard InChI is InChI=1S/C25H23Cl2IN4OS/c26-21-4-2-1-3-18(21)16-31-11-13-32(14-12-31)23-10-9-20(15-22(23)27)29-25(34)30-24(33)17-5-7-19(28)8-6-17/h1-10,15H,11-14,16H2,(H2,29,30,33,34). The normalized spacial score (nSPS) is 14.0. The van der Waals surface area contributed by atoms with Crippen LogP contribution < -0.4 is 15.5 Å². The van der Waals surface area contributed by atoms with Gasteiger partial charge in [0.2, 0.25) is 0 Å². The molecule has 4 rings (SSSR count). The molecule has 34 heavy (non-hydrogen) atoms. The highest BCUT2D eigenvalue weighted by Crippen LogP contribution is 2.30. The maximum Gasteiger partial charge on any atom is 0.257 e. The Balaban J connectivity index is 1.31. The van der Waals surface area contributed by atoms with Gasteiger partial charge in [0.25, 0.3) is 5.91 Å². The molecule has 0 radical (unpaired) electrons. The van der Waals surface area contributed by atoms with Crippen LogP contribution in [0.1, 0.15) is 15.9 Å². The molecular weight excluding hydrogens is 602 g/mol. The highest BCUT2D eigenvalue weighted by atomic mass is 127. The van der Waals surface area contributed by atoms with E-state index in [-0.39, 0.29) is 11.0 Å². The Morgan fingerprint density at radius 1 is 0.941 bits per heavy atom. The molecule has 0 saturated carbocycles. The van der Waals surface area contributed by atoms with Crippen molar-refractivity contribution in [3.05, 3.63) is 91.5 Å². The van der Waals surface area contributed by atoms with E-state index in [9.17, 15) is 4.79 Å². The Morgan fingerprint density at radius 3 is 2.32 bits per heavy atom. The summed E-state index contributed by atoms with van der Waals surface area (Å²) in [7, 11) is 0. The van der Waals surface area contributed by atoms with Crippen LogP contribution in [0.15, 0.2) is 66.7 Å². The van der Waals surface area contributed by atoms with Crippen LogP contribution in [-0.4, -0.2) is 42.1 Å². The van der Waals surface area contributed by atoms with E-state index in [1.54, 1.807) is 12.1 Å². The minimum atomic E-state index is -0.258. The molecule has 3 aromatic carbocycles. The number of halogens is 3. The summed E-state index contributed by atoms with van der Waals surface area (Å²) in [6, 6.07) is 21.0. The summed E-state index contributed by atoms with van der Waals surface area (Å²) >= 11 is 20.4. The Bertz CT molecular complexity index is 1180. The maximum atomic E-state index is 12.4. The second-order valence-electron chi connectivity index (χ2n) is 7.94. The predicted octanol–water partition coefficient (Wildman–Crippen LogP) is 6.05. The highest BCUT2D eigenvalue weighted by molar-refractivity contribution is 14.1. The van der Waals surface area contributed by atoms with Crippen LogP contribution in [0.3, 0.4) is 0 Å². The molecule has 9 heteroatoms. The molecule has 1 aliphatic heterocycles. The third-order valence-corrected chi connectivity index (χ3v) is 7.20. The van der Waals surface area contributed by atoms with E-state index in [0.29, 0.717) is 10.6 Å². The van der Waals surface area contributed by atoms with Gasteiger partial charge in [-0.25, -0.2) is 0 Å². The molecule has 1 heterocycles. The Labute approximate surface area is 228 Å². The minimum absolute atomic E-state index is 0.223. The number of anilines is 2. The fourth-order valence-corrected chi connectivity index (χ4v) is 4.86. The van der Waals surface area contributed by atoms with E-state index < -0.39 is 0 Å². The SMILES string of the molecule is O=C(NC(=S)Nc1ccc(N2CCN(Cc3ccccc3Cl)CC2)c(Cl)c1)c1ccc(I)cc1. The zero-order valence-electron chi connectivity index (χ0n) is 18.2. The zero-order valence-corrected chi connectivity index (χ0v) is 22.7. The lowest BCUT2D eigenvalue weighted by Gasteiger charge is -2.36. The van der Waals surface area contributed by atoms with Gasteiger partial charge in [-0.15, -0.1) is 0 Å². The third-order valence-electron chi connectivity index (χ3n) is 5.60. The van der Waals surface area contributed by atoms with Crippen LogP contribution in [0.5, 0.6) is 0 Å². The van der Waals surface area contributed by atoms with E-state index >= 15 is 0 Å². The Morgan fingerprint density at radius 2 is 1.65 bits per heavy atom. The molecule has 1 aliphatic rings. The lowest BCUT2D eigenvalue weighted by atomic mass is 10.2. The lowest BCUT2D eigenvalue weighted by molar-refractivity contribution is 0.0977. The summed E-state index contributed by atoms with van der Waals surface area (Å²) in [5, 5.41) is 7.41. The number of nitrogens with zero attached hydrogens (tertiary/aromatic N) is 2. The quantitative estimate of drug-likeness (QED) is 0.268. The molecule has 0 bridgehead atoms. The molecule has 0 aromatic heterocycles. The average molecular weight is 625 g/mol. The predicted molar refractivity (Wildman–Crippen MR) is 153 cm³/mol. The van der Waals surface area contributed by atoms with Gasteiger partial charge in [0.05, 0.1) is 10.7 Å². The molecule has 1 amide bonds. The first kappa shape index (κ1) is 25.2. The number of amides is 1. The van der Waals surface area contributed by atoms with Gasteiger partial charge in [-0.2, -0.15) is 0 Å². The van der Waals surface area contributed by atoms with Gasteiger partial charge in [-0.05, 0) is 88.9 Å². The number of piperazine rings is 1. The minimum Gasteiger partial charge on any atom is -0.368 e. The number of thiocarbonyl (C=S) groups is 1. The fraction of sp³-hybridized carbons (Fsp3) is 0.200. The lowest BCUT2D eigenvalue weighted by Crippen LogP contribution is -2.46. The van der Waals surface area contributed by atoms with Crippen molar-refractivity contribution in [3.8, 4) is 0 Å². The van der Waals surface area contributed by atoms with Crippen molar-refractivity contribution in [1.82, 2.24) is 10.2 Å². The van der Waals surface area contributed by atoms with E-state index in [2.05, 4.69) is 49.1 Å². The first-order chi connectivity index (χ1) is 16.4. The van der Waals surface area contributed by atoms with Crippen LogP contribution >= 0.6 is 58.0 Å². The van der Waals surface area contributed by atoms with Crippen molar-refractivity contribution >= 4 is 80.4 Å². The average Bonchev–Trinajstić information content (AvgIpc) is 2.82. The molecule has 0 unspecified atom stereocenters. The number of rotatable bonds is 5. The second-order valence-corrected chi connectivity index (χ2v) is 10.4.